The molecule has 2 heterocycles. The Bertz CT molecular complexity index is 748. The van der Waals surface area contributed by atoms with Crippen LogP contribution in [0.2, 0.25) is 5.02 Å². The predicted octanol–water partition coefficient (Wildman–Crippen LogP) is 3.92. The van der Waals surface area contributed by atoms with Crippen molar-refractivity contribution >= 4 is 11.6 Å². The molecule has 118 valence electrons. The molecule has 0 radical (unpaired) electrons. The van der Waals surface area contributed by atoms with Crippen LogP contribution in [0.3, 0.4) is 0 Å². The molecule has 2 aromatic rings. The van der Waals surface area contributed by atoms with Gasteiger partial charge in [0, 0.05) is 12.4 Å². The van der Waals surface area contributed by atoms with E-state index in [1.807, 2.05) is 0 Å². The zero-order valence-electron chi connectivity index (χ0n) is 10.3. The van der Waals surface area contributed by atoms with E-state index >= 15 is 0 Å². The van der Waals surface area contributed by atoms with E-state index in [2.05, 4.69) is 4.98 Å². The number of nitrogens with zero attached hydrogens (tertiary/aromatic N) is 2. The minimum absolute atomic E-state index is 0.411. The van der Waals surface area contributed by atoms with Gasteiger partial charge in [0.05, 0.1) is 11.1 Å². The fourth-order valence-corrected chi connectivity index (χ4v) is 1.78. The van der Waals surface area contributed by atoms with E-state index < -0.39 is 39.9 Å². The summed E-state index contributed by atoms with van der Waals surface area (Å²) in [6.07, 6.45) is -8.59. The van der Waals surface area contributed by atoms with Gasteiger partial charge in [-0.3, -0.25) is 9.36 Å². The largest absolute Gasteiger partial charge is 0.417 e. The van der Waals surface area contributed by atoms with Crippen molar-refractivity contribution in [2.24, 2.45) is 0 Å². The molecule has 0 aliphatic carbocycles. The summed E-state index contributed by atoms with van der Waals surface area (Å²) in [7, 11) is 0. The zero-order chi connectivity index (χ0) is 16.7. The highest BCUT2D eigenvalue weighted by atomic mass is 35.5. The minimum atomic E-state index is -4.77. The van der Waals surface area contributed by atoms with Gasteiger partial charge >= 0.3 is 12.4 Å². The predicted molar refractivity (Wildman–Crippen MR) is 64.8 cm³/mol. The van der Waals surface area contributed by atoms with Crippen LogP contribution < -0.4 is 5.56 Å². The third kappa shape index (κ3) is 3.24. The Morgan fingerprint density at radius 3 is 2.05 bits per heavy atom. The van der Waals surface area contributed by atoms with E-state index in [1.54, 1.807) is 0 Å². The van der Waals surface area contributed by atoms with Crippen LogP contribution in [0, 0.1) is 0 Å². The fourth-order valence-electron chi connectivity index (χ4n) is 1.57. The van der Waals surface area contributed by atoms with Crippen molar-refractivity contribution in [1.29, 1.82) is 0 Å². The fraction of sp³-hybridized carbons (Fsp3) is 0.167. The van der Waals surface area contributed by atoms with Crippen LogP contribution in [0.4, 0.5) is 26.3 Å². The third-order valence-electron chi connectivity index (χ3n) is 2.62. The van der Waals surface area contributed by atoms with Crippen LogP contribution in [0.5, 0.6) is 0 Å². The molecule has 22 heavy (non-hydrogen) atoms. The molecular weight excluding hydrogens is 338 g/mol. The average molecular weight is 343 g/mol. The minimum Gasteiger partial charge on any atom is -0.267 e. The first-order chi connectivity index (χ1) is 10.00. The number of alkyl halides is 6. The lowest BCUT2D eigenvalue weighted by molar-refractivity contribution is -0.138. The number of rotatable bonds is 1. The van der Waals surface area contributed by atoms with Gasteiger partial charge in [0.1, 0.15) is 10.8 Å². The van der Waals surface area contributed by atoms with E-state index in [4.69, 9.17) is 11.6 Å². The van der Waals surface area contributed by atoms with Crippen molar-refractivity contribution < 1.29 is 26.3 Å². The standard InChI is InChI=1S/C12H5ClF6N2O/c13-8-3-7(12(17,18)19)5-21(10(8)22)9-2-1-6(4-20-9)11(14,15)16/h1-5H. The Hall–Kier alpha value is -2.03. The Labute approximate surface area is 123 Å². The highest BCUT2D eigenvalue weighted by molar-refractivity contribution is 6.30. The number of hydrogen-bond acceptors (Lipinski definition) is 2. The number of aromatic nitrogens is 2. The molecule has 0 fully saturated rings. The van der Waals surface area contributed by atoms with Crippen molar-refractivity contribution in [1.82, 2.24) is 9.55 Å². The first-order valence-electron chi connectivity index (χ1n) is 5.53. The maximum Gasteiger partial charge on any atom is 0.417 e. The van der Waals surface area contributed by atoms with E-state index in [9.17, 15) is 31.1 Å². The van der Waals surface area contributed by atoms with Gasteiger partial charge in [-0.15, -0.1) is 0 Å². The molecule has 0 saturated carbocycles. The first-order valence-corrected chi connectivity index (χ1v) is 5.91. The molecule has 0 unspecified atom stereocenters. The van der Waals surface area contributed by atoms with Gasteiger partial charge in [-0.2, -0.15) is 26.3 Å². The van der Waals surface area contributed by atoms with Gasteiger partial charge in [-0.05, 0) is 18.2 Å². The van der Waals surface area contributed by atoms with Gasteiger partial charge in [0.25, 0.3) is 5.56 Å². The smallest absolute Gasteiger partial charge is 0.267 e. The highest BCUT2D eigenvalue weighted by Crippen LogP contribution is 2.31. The lowest BCUT2D eigenvalue weighted by Gasteiger charge is -2.12. The molecule has 0 aromatic carbocycles. The SMILES string of the molecule is O=c1c(Cl)cc(C(F)(F)F)cn1-c1ccc(C(F)(F)F)cn1. The van der Waals surface area contributed by atoms with Crippen molar-refractivity contribution in [3.8, 4) is 5.82 Å². The molecule has 0 atom stereocenters. The molecule has 0 aliphatic heterocycles. The van der Waals surface area contributed by atoms with E-state index in [1.165, 1.54) is 0 Å². The summed E-state index contributed by atoms with van der Waals surface area (Å²) in [4.78, 5) is 15.1. The summed E-state index contributed by atoms with van der Waals surface area (Å²) in [5, 5.41) is -0.725. The van der Waals surface area contributed by atoms with E-state index in [0.29, 0.717) is 29.1 Å². The van der Waals surface area contributed by atoms with Crippen LogP contribution in [0.25, 0.3) is 5.82 Å². The number of pyridine rings is 2. The Kier molecular flexibility index (Phi) is 3.94. The molecule has 2 aromatic heterocycles. The van der Waals surface area contributed by atoms with Crippen LogP contribution in [0.15, 0.2) is 35.4 Å². The van der Waals surface area contributed by atoms with Crippen molar-refractivity contribution in [3.05, 3.63) is 57.1 Å². The summed E-state index contributed by atoms with van der Waals surface area (Å²) in [6, 6.07) is 1.81. The molecule has 0 N–H and O–H groups in total. The van der Waals surface area contributed by atoms with Crippen molar-refractivity contribution in [2.75, 3.05) is 0 Å². The van der Waals surface area contributed by atoms with Gasteiger partial charge in [-0.25, -0.2) is 4.98 Å². The van der Waals surface area contributed by atoms with Crippen LogP contribution in [0.1, 0.15) is 11.1 Å². The normalized spacial score (nSPS) is 12.5. The molecule has 0 saturated heterocycles. The van der Waals surface area contributed by atoms with Gasteiger partial charge in [0.15, 0.2) is 0 Å². The molecule has 2 rings (SSSR count). The third-order valence-corrected chi connectivity index (χ3v) is 2.89. The molecule has 0 bridgehead atoms. The topological polar surface area (TPSA) is 34.9 Å². The molecule has 3 nitrogen and oxygen atoms in total. The average Bonchev–Trinajstić information content (AvgIpc) is 2.39. The van der Waals surface area contributed by atoms with Crippen LogP contribution >= 0.6 is 11.6 Å². The number of hydrogen-bond donors (Lipinski definition) is 0. The Morgan fingerprint density at radius 1 is 1.00 bits per heavy atom. The van der Waals surface area contributed by atoms with Crippen LogP contribution in [-0.4, -0.2) is 9.55 Å². The molecule has 10 heteroatoms. The highest BCUT2D eigenvalue weighted by Gasteiger charge is 2.33. The molecular formula is C12H5ClF6N2O. The summed E-state index contributed by atoms with van der Waals surface area (Å²) in [6.45, 7) is 0. The number of halogens is 7. The maximum atomic E-state index is 12.7. The Morgan fingerprint density at radius 2 is 1.59 bits per heavy atom. The van der Waals surface area contributed by atoms with E-state index in [0.717, 1.165) is 6.07 Å². The second kappa shape index (κ2) is 5.31. The quantitative estimate of drug-likeness (QED) is 0.736. The Balaban J connectivity index is 2.57. The zero-order valence-corrected chi connectivity index (χ0v) is 11.1. The van der Waals surface area contributed by atoms with Gasteiger partial charge in [0.2, 0.25) is 0 Å². The molecule has 0 amide bonds. The second-order valence-electron chi connectivity index (χ2n) is 4.15. The monoisotopic (exact) mass is 342 g/mol. The molecule has 0 spiro atoms. The summed E-state index contributed by atoms with van der Waals surface area (Å²) < 4.78 is 75.7. The van der Waals surface area contributed by atoms with Gasteiger partial charge in [-0.1, -0.05) is 11.6 Å². The van der Waals surface area contributed by atoms with E-state index in [-0.39, 0.29) is 0 Å². The summed E-state index contributed by atoms with van der Waals surface area (Å²) >= 11 is 5.44. The summed E-state index contributed by atoms with van der Waals surface area (Å²) in [5.41, 5.74) is -3.34. The lowest BCUT2D eigenvalue weighted by atomic mass is 10.2. The maximum absolute atomic E-state index is 12.7. The van der Waals surface area contributed by atoms with Crippen LogP contribution in [-0.2, 0) is 12.4 Å². The van der Waals surface area contributed by atoms with Crippen molar-refractivity contribution in [2.45, 2.75) is 12.4 Å². The second-order valence-corrected chi connectivity index (χ2v) is 4.56. The summed E-state index contributed by atoms with van der Waals surface area (Å²) in [5.74, 6) is -0.411. The first kappa shape index (κ1) is 16.3. The van der Waals surface area contributed by atoms with Gasteiger partial charge < -0.3 is 0 Å². The van der Waals surface area contributed by atoms with Crippen molar-refractivity contribution in [3.63, 3.8) is 0 Å². The lowest BCUT2D eigenvalue weighted by Crippen LogP contribution is -2.22. The molecule has 0 aliphatic rings.